The summed E-state index contributed by atoms with van der Waals surface area (Å²) >= 11 is 0. The SMILES string of the molecule is COc1cccc(N2CCN(C(=O)c3coc(CN4CCN(CC(O)CN(C)C(C)C)CC4)n3)CC2)c1. The average Bonchev–Trinajstić information content (AvgIpc) is 3.38. The summed E-state index contributed by atoms with van der Waals surface area (Å²) in [6.07, 6.45) is 1.14. The van der Waals surface area contributed by atoms with Crippen LogP contribution in [0.1, 0.15) is 30.2 Å². The number of anilines is 1. The number of aliphatic hydroxyl groups excluding tert-OH is 1. The maximum absolute atomic E-state index is 13.0. The lowest BCUT2D eigenvalue weighted by Crippen LogP contribution is -2.49. The van der Waals surface area contributed by atoms with E-state index in [9.17, 15) is 9.90 Å². The fourth-order valence-corrected chi connectivity index (χ4v) is 4.84. The zero-order valence-corrected chi connectivity index (χ0v) is 22.7. The quantitative estimate of drug-likeness (QED) is 0.506. The number of likely N-dealkylation sites (N-methyl/N-ethyl adjacent to an activating group) is 1. The Kier molecular flexibility index (Phi) is 9.42. The third kappa shape index (κ3) is 7.44. The molecular weight excluding hydrogens is 472 g/mol. The van der Waals surface area contributed by atoms with Gasteiger partial charge in [0.1, 0.15) is 12.0 Å². The van der Waals surface area contributed by atoms with E-state index in [1.807, 2.05) is 30.1 Å². The monoisotopic (exact) mass is 514 g/mol. The van der Waals surface area contributed by atoms with Gasteiger partial charge in [-0.1, -0.05) is 6.07 Å². The van der Waals surface area contributed by atoms with Gasteiger partial charge in [-0.25, -0.2) is 4.98 Å². The molecule has 2 fully saturated rings. The van der Waals surface area contributed by atoms with Crippen molar-refractivity contribution in [1.29, 1.82) is 0 Å². The molecule has 0 saturated carbocycles. The fourth-order valence-electron chi connectivity index (χ4n) is 4.84. The van der Waals surface area contributed by atoms with E-state index < -0.39 is 0 Å². The highest BCUT2D eigenvalue weighted by Crippen LogP contribution is 2.22. The molecule has 2 aliphatic heterocycles. The summed E-state index contributed by atoms with van der Waals surface area (Å²) in [7, 11) is 3.71. The van der Waals surface area contributed by atoms with Gasteiger partial charge >= 0.3 is 0 Å². The molecule has 1 unspecified atom stereocenters. The van der Waals surface area contributed by atoms with E-state index in [0.717, 1.165) is 50.7 Å². The number of benzene rings is 1. The van der Waals surface area contributed by atoms with Crippen LogP contribution in [0.4, 0.5) is 5.69 Å². The smallest absolute Gasteiger partial charge is 0.275 e. The Morgan fingerprint density at radius 1 is 1.11 bits per heavy atom. The number of ether oxygens (including phenoxy) is 1. The van der Waals surface area contributed by atoms with Crippen molar-refractivity contribution in [3.8, 4) is 5.75 Å². The molecule has 4 rings (SSSR count). The lowest BCUT2D eigenvalue weighted by Gasteiger charge is -2.36. The van der Waals surface area contributed by atoms with Crippen LogP contribution in [-0.4, -0.2) is 127 Å². The molecule has 2 saturated heterocycles. The molecule has 0 bridgehead atoms. The van der Waals surface area contributed by atoms with Gasteiger partial charge in [0, 0.05) is 83.2 Å². The highest BCUT2D eigenvalue weighted by molar-refractivity contribution is 5.92. The molecule has 10 nitrogen and oxygen atoms in total. The largest absolute Gasteiger partial charge is 0.497 e. The van der Waals surface area contributed by atoms with Crippen LogP contribution in [0.15, 0.2) is 34.9 Å². The molecule has 1 amide bonds. The number of aromatic nitrogens is 1. The van der Waals surface area contributed by atoms with E-state index in [2.05, 4.69) is 44.5 Å². The molecule has 0 radical (unpaired) electrons. The fraction of sp³-hybridized carbons (Fsp3) is 0.630. The Labute approximate surface area is 220 Å². The molecule has 1 aromatic carbocycles. The second-order valence-electron chi connectivity index (χ2n) is 10.4. The van der Waals surface area contributed by atoms with Crippen molar-refractivity contribution >= 4 is 11.6 Å². The Balaban J connectivity index is 1.20. The van der Waals surface area contributed by atoms with Gasteiger partial charge in [-0.3, -0.25) is 14.6 Å². The first-order valence-electron chi connectivity index (χ1n) is 13.3. The standard InChI is InChI=1S/C27H42N6O4/c1-21(2)29(3)17-23(34)18-30-8-10-31(11-9-30)19-26-28-25(20-37-26)27(35)33-14-12-32(13-15-33)22-6-5-7-24(16-22)36-4/h5-7,16,20-21,23,34H,8-15,17-19H2,1-4H3. The number of carbonyl (C=O) groups excluding carboxylic acids is 1. The number of hydrogen-bond acceptors (Lipinski definition) is 9. The number of amides is 1. The molecule has 10 heteroatoms. The van der Waals surface area contributed by atoms with Crippen LogP contribution in [-0.2, 0) is 6.54 Å². The van der Waals surface area contributed by atoms with Crippen molar-refractivity contribution in [2.24, 2.45) is 0 Å². The van der Waals surface area contributed by atoms with E-state index in [1.165, 1.54) is 6.26 Å². The van der Waals surface area contributed by atoms with E-state index in [1.54, 1.807) is 7.11 Å². The van der Waals surface area contributed by atoms with E-state index in [0.29, 0.717) is 50.4 Å². The van der Waals surface area contributed by atoms with Crippen LogP contribution in [0.25, 0.3) is 0 Å². The molecule has 0 spiro atoms. The summed E-state index contributed by atoms with van der Waals surface area (Å²) < 4.78 is 11.0. The summed E-state index contributed by atoms with van der Waals surface area (Å²) in [4.78, 5) is 28.4. The van der Waals surface area contributed by atoms with Gasteiger partial charge in [-0.15, -0.1) is 0 Å². The van der Waals surface area contributed by atoms with Gasteiger partial charge in [0.25, 0.3) is 5.91 Å². The summed E-state index contributed by atoms with van der Waals surface area (Å²) in [5, 5.41) is 10.4. The second kappa shape index (κ2) is 12.7. The molecule has 0 aliphatic carbocycles. The number of β-amino-alcohol motifs (C(OH)–C–C–N with tert-alkyl or cyclic N) is 1. The van der Waals surface area contributed by atoms with Crippen LogP contribution in [0.2, 0.25) is 0 Å². The number of nitrogens with zero attached hydrogens (tertiary/aromatic N) is 6. The molecule has 2 aliphatic rings. The maximum Gasteiger partial charge on any atom is 0.275 e. The van der Waals surface area contributed by atoms with Gasteiger partial charge in [-0.2, -0.15) is 0 Å². The number of aliphatic hydroxyl groups is 1. The van der Waals surface area contributed by atoms with E-state index in [-0.39, 0.29) is 12.0 Å². The molecule has 1 aromatic heterocycles. The zero-order chi connectivity index (χ0) is 26.4. The van der Waals surface area contributed by atoms with Crippen molar-refractivity contribution in [2.75, 3.05) is 84.5 Å². The first-order chi connectivity index (χ1) is 17.8. The zero-order valence-electron chi connectivity index (χ0n) is 22.7. The lowest BCUT2D eigenvalue weighted by atomic mass is 10.2. The van der Waals surface area contributed by atoms with Crippen molar-refractivity contribution in [1.82, 2.24) is 24.6 Å². The Bertz CT molecular complexity index is 998. The number of methoxy groups -OCH3 is 1. The minimum Gasteiger partial charge on any atom is -0.497 e. The molecule has 37 heavy (non-hydrogen) atoms. The predicted octanol–water partition coefficient (Wildman–Crippen LogP) is 1.46. The second-order valence-corrected chi connectivity index (χ2v) is 10.4. The predicted molar refractivity (Wildman–Crippen MR) is 143 cm³/mol. The number of carbonyl (C=O) groups is 1. The average molecular weight is 515 g/mol. The highest BCUT2D eigenvalue weighted by atomic mass is 16.5. The third-order valence-electron chi connectivity index (χ3n) is 7.43. The lowest BCUT2D eigenvalue weighted by molar-refractivity contribution is 0.0469. The van der Waals surface area contributed by atoms with Crippen LogP contribution in [0, 0.1) is 0 Å². The Morgan fingerprint density at radius 2 is 1.81 bits per heavy atom. The minimum absolute atomic E-state index is 0.0783. The van der Waals surface area contributed by atoms with Crippen molar-refractivity contribution in [3.63, 3.8) is 0 Å². The minimum atomic E-state index is -0.350. The van der Waals surface area contributed by atoms with Gasteiger partial charge in [0.2, 0.25) is 5.89 Å². The number of piperazine rings is 2. The first-order valence-corrected chi connectivity index (χ1v) is 13.3. The molecule has 1 atom stereocenters. The summed E-state index contributed by atoms with van der Waals surface area (Å²) in [6, 6.07) is 8.43. The molecule has 2 aromatic rings. The van der Waals surface area contributed by atoms with Crippen LogP contribution >= 0.6 is 0 Å². The van der Waals surface area contributed by atoms with Gasteiger partial charge in [-0.05, 0) is 33.0 Å². The number of oxazole rings is 1. The molecule has 204 valence electrons. The summed E-state index contributed by atoms with van der Waals surface area (Å²) in [5.41, 5.74) is 1.48. The van der Waals surface area contributed by atoms with Crippen LogP contribution < -0.4 is 9.64 Å². The molecular formula is C27H42N6O4. The van der Waals surface area contributed by atoms with Crippen molar-refractivity contribution in [2.45, 2.75) is 32.5 Å². The normalized spacial score (nSPS) is 18.6. The Hall–Kier alpha value is -2.66. The third-order valence-corrected chi connectivity index (χ3v) is 7.43. The number of rotatable bonds is 10. The van der Waals surface area contributed by atoms with E-state index >= 15 is 0 Å². The van der Waals surface area contributed by atoms with E-state index in [4.69, 9.17) is 9.15 Å². The molecule has 3 heterocycles. The first kappa shape index (κ1) is 27.4. The summed E-state index contributed by atoms with van der Waals surface area (Å²) in [6.45, 7) is 12.6. The number of hydrogen-bond donors (Lipinski definition) is 1. The Morgan fingerprint density at radius 3 is 2.49 bits per heavy atom. The van der Waals surface area contributed by atoms with Crippen molar-refractivity contribution < 1.29 is 19.1 Å². The summed E-state index contributed by atoms with van der Waals surface area (Å²) in [5.74, 6) is 1.33. The van der Waals surface area contributed by atoms with Gasteiger partial charge in [0.15, 0.2) is 5.69 Å². The van der Waals surface area contributed by atoms with Gasteiger partial charge in [0.05, 0.1) is 19.8 Å². The highest BCUT2D eigenvalue weighted by Gasteiger charge is 2.26. The van der Waals surface area contributed by atoms with Crippen LogP contribution in [0.3, 0.4) is 0 Å². The molecule has 1 N–H and O–H groups in total. The van der Waals surface area contributed by atoms with Gasteiger partial charge < -0.3 is 29.0 Å². The topological polar surface area (TPSA) is 88.8 Å². The maximum atomic E-state index is 13.0. The van der Waals surface area contributed by atoms with Crippen LogP contribution in [0.5, 0.6) is 5.75 Å². The van der Waals surface area contributed by atoms with Crippen molar-refractivity contribution in [3.05, 3.63) is 42.1 Å².